The van der Waals surface area contributed by atoms with Crippen molar-refractivity contribution in [1.82, 2.24) is 9.80 Å². The van der Waals surface area contributed by atoms with Crippen LogP contribution in [0.15, 0.2) is 66.7 Å². The summed E-state index contributed by atoms with van der Waals surface area (Å²) in [5.74, 6) is -2.71. The first-order valence-corrected chi connectivity index (χ1v) is 12.5. The number of carboxylic acid groups (broad SMARTS) is 1. The van der Waals surface area contributed by atoms with Gasteiger partial charge in [0.05, 0.1) is 29.4 Å². The maximum absolute atomic E-state index is 14.2. The Kier molecular flexibility index (Phi) is 6.54. The summed E-state index contributed by atoms with van der Waals surface area (Å²) in [6.07, 6.45) is 0. The molecule has 2 saturated heterocycles. The molecule has 2 unspecified atom stereocenters. The number of nitrogens with zero attached hydrogens (tertiary/aromatic N) is 4. The summed E-state index contributed by atoms with van der Waals surface area (Å²) < 4.78 is 0. The number of urea groups is 1. The zero-order chi connectivity index (χ0) is 28.1. The van der Waals surface area contributed by atoms with E-state index in [0.29, 0.717) is 11.1 Å². The lowest BCUT2D eigenvalue weighted by Crippen LogP contribution is -2.54. The monoisotopic (exact) mass is 562 g/mol. The van der Waals surface area contributed by atoms with Crippen molar-refractivity contribution in [1.29, 1.82) is 5.26 Å². The second-order valence-corrected chi connectivity index (χ2v) is 10.3. The van der Waals surface area contributed by atoms with E-state index in [0.717, 1.165) is 4.90 Å². The molecule has 39 heavy (non-hydrogen) atoms. The number of benzene rings is 3. The molecule has 2 fully saturated rings. The SMILES string of the molecule is CN1C(=O)N(c2cc(Cl)cc(Cl)c2)C(=O)C12CN(C(=O)c1ccc(C(=O)O)cc1)CC2c1ccc(C#N)cc1. The number of likely N-dealkylation sites (N-methyl/N-ethyl adjacent to an activating group) is 1. The number of halogens is 2. The van der Waals surface area contributed by atoms with E-state index in [-0.39, 0.29) is 39.9 Å². The van der Waals surface area contributed by atoms with Gasteiger partial charge in [-0.15, -0.1) is 0 Å². The van der Waals surface area contributed by atoms with Gasteiger partial charge in [-0.25, -0.2) is 14.5 Å². The minimum absolute atomic E-state index is 0.0343. The average molecular weight is 563 g/mol. The molecule has 1 spiro atoms. The maximum atomic E-state index is 14.2. The highest BCUT2D eigenvalue weighted by atomic mass is 35.5. The topological polar surface area (TPSA) is 122 Å². The molecule has 2 aliphatic heterocycles. The molecule has 4 amide bonds. The summed E-state index contributed by atoms with van der Waals surface area (Å²) in [6, 6.07) is 18.0. The number of anilines is 1. The fraction of sp³-hybridized carbons (Fsp3) is 0.179. The second kappa shape index (κ2) is 9.73. The molecule has 2 atom stereocenters. The number of rotatable bonds is 4. The smallest absolute Gasteiger partial charge is 0.335 e. The Morgan fingerprint density at radius 2 is 1.56 bits per heavy atom. The van der Waals surface area contributed by atoms with Crippen LogP contribution in [0.3, 0.4) is 0 Å². The third-order valence-corrected chi connectivity index (χ3v) is 7.71. The lowest BCUT2D eigenvalue weighted by atomic mass is 9.80. The molecular weight excluding hydrogens is 543 g/mol. The summed E-state index contributed by atoms with van der Waals surface area (Å²) in [4.78, 5) is 56.4. The van der Waals surface area contributed by atoms with Gasteiger partial charge in [0, 0.05) is 35.1 Å². The zero-order valence-corrected chi connectivity index (χ0v) is 22.0. The van der Waals surface area contributed by atoms with E-state index >= 15 is 0 Å². The Balaban J connectivity index is 1.59. The van der Waals surface area contributed by atoms with Gasteiger partial charge in [-0.1, -0.05) is 35.3 Å². The summed E-state index contributed by atoms with van der Waals surface area (Å²) in [5, 5.41) is 18.9. The molecule has 0 aromatic heterocycles. The molecule has 0 radical (unpaired) electrons. The van der Waals surface area contributed by atoms with E-state index in [4.69, 9.17) is 23.2 Å². The summed E-state index contributed by atoms with van der Waals surface area (Å²) in [5.41, 5.74) is 0.120. The van der Waals surface area contributed by atoms with Crippen LogP contribution in [0.25, 0.3) is 0 Å². The van der Waals surface area contributed by atoms with E-state index in [1.54, 1.807) is 24.3 Å². The van der Waals surface area contributed by atoms with Crippen LogP contribution in [0.1, 0.15) is 37.8 Å². The second-order valence-electron chi connectivity index (χ2n) is 9.39. The van der Waals surface area contributed by atoms with Gasteiger partial charge in [0.2, 0.25) is 0 Å². The largest absolute Gasteiger partial charge is 0.478 e. The van der Waals surface area contributed by atoms with Crippen molar-refractivity contribution in [3.63, 3.8) is 0 Å². The van der Waals surface area contributed by atoms with Crippen LogP contribution in [0.5, 0.6) is 0 Å². The molecule has 0 bridgehead atoms. The number of hydrogen-bond donors (Lipinski definition) is 1. The van der Waals surface area contributed by atoms with E-state index in [9.17, 15) is 29.5 Å². The molecule has 9 nitrogen and oxygen atoms in total. The molecule has 196 valence electrons. The number of carbonyl (C=O) groups excluding carboxylic acids is 3. The number of aromatic carboxylic acids is 1. The van der Waals surface area contributed by atoms with Gasteiger partial charge < -0.3 is 14.9 Å². The fourth-order valence-electron chi connectivity index (χ4n) is 5.30. The van der Waals surface area contributed by atoms with Crippen molar-refractivity contribution in [2.75, 3.05) is 25.0 Å². The summed E-state index contributed by atoms with van der Waals surface area (Å²) in [6.45, 7) is -0.0119. The first kappa shape index (κ1) is 26.2. The number of carbonyl (C=O) groups is 4. The number of hydrogen-bond acceptors (Lipinski definition) is 5. The van der Waals surface area contributed by atoms with Crippen molar-refractivity contribution in [2.45, 2.75) is 11.5 Å². The number of imide groups is 1. The Morgan fingerprint density at radius 1 is 0.974 bits per heavy atom. The Morgan fingerprint density at radius 3 is 2.13 bits per heavy atom. The van der Waals surface area contributed by atoms with Crippen molar-refractivity contribution in [3.8, 4) is 6.07 Å². The molecule has 0 saturated carbocycles. The Bertz CT molecular complexity index is 1550. The zero-order valence-electron chi connectivity index (χ0n) is 20.5. The van der Waals surface area contributed by atoms with Crippen LogP contribution in [-0.4, -0.2) is 64.4 Å². The van der Waals surface area contributed by atoms with Crippen molar-refractivity contribution < 1.29 is 24.3 Å². The lowest BCUT2D eigenvalue weighted by Gasteiger charge is -2.33. The van der Waals surface area contributed by atoms with Gasteiger partial charge >= 0.3 is 12.0 Å². The van der Waals surface area contributed by atoms with Crippen LogP contribution in [-0.2, 0) is 4.79 Å². The molecule has 3 aromatic carbocycles. The highest BCUT2D eigenvalue weighted by molar-refractivity contribution is 6.36. The molecule has 5 rings (SSSR count). The maximum Gasteiger partial charge on any atom is 0.335 e. The van der Waals surface area contributed by atoms with Crippen molar-refractivity contribution >= 4 is 52.7 Å². The highest BCUT2D eigenvalue weighted by Gasteiger charge is 2.65. The molecule has 2 heterocycles. The predicted molar refractivity (Wildman–Crippen MR) is 143 cm³/mol. The summed E-state index contributed by atoms with van der Waals surface area (Å²) in [7, 11) is 1.51. The standard InChI is InChI=1S/C28H20Cl2N4O5/c1-32-27(39)34(22-11-20(29)10-21(30)12-22)26(38)28(32)15-33(14-23(28)17-4-2-16(13-31)3-5-17)24(35)18-6-8-19(9-7-18)25(36)37/h2-12,23H,14-15H2,1H3,(H,36,37). The van der Waals surface area contributed by atoms with Gasteiger partial charge in [0.1, 0.15) is 5.54 Å². The van der Waals surface area contributed by atoms with Crippen molar-refractivity contribution in [3.05, 3.63) is 99.0 Å². The van der Waals surface area contributed by atoms with Crippen LogP contribution in [0.4, 0.5) is 10.5 Å². The molecule has 1 N–H and O–H groups in total. The molecule has 0 aliphatic carbocycles. The van der Waals surface area contributed by atoms with Crippen molar-refractivity contribution in [2.24, 2.45) is 0 Å². The number of carboxylic acids is 1. The van der Waals surface area contributed by atoms with Gasteiger partial charge in [-0.3, -0.25) is 9.59 Å². The molecule has 3 aromatic rings. The highest BCUT2D eigenvalue weighted by Crippen LogP contribution is 2.47. The summed E-state index contributed by atoms with van der Waals surface area (Å²) >= 11 is 12.3. The van der Waals surface area contributed by atoms with Crippen LogP contribution in [0.2, 0.25) is 10.0 Å². The van der Waals surface area contributed by atoms with E-state index in [1.165, 1.54) is 59.3 Å². The third-order valence-electron chi connectivity index (χ3n) is 7.28. The molecular formula is C28H20Cl2N4O5. The van der Waals surface area contributed by atoms with Gasteiger partial charge in [-0.05, 0) is 60.2 Å². The molecule has 2 aliphatic rings. The van der Waals surface area contributed by atoms with E-state index in [1.807, 2.05) is 0 Å². The quantitative estimate of drug-likeness (QED) is 0.462. The minimum Gasteiger partial charge on any atom is -0.478 e. The Hall–Kier alpha value is -4.39. The first-order chi connectivity index (χ1) is 18.6. The lowest BCUT2D eigenvalue weighted by molar-refractivity contribution is -0.124. The fourth-order valence-corrected chi connectivity index (χ4v) is 5.81. The predicted octanol–water partition coefficient (Wildman–Crippen LogP) is 4.64. The number of nitriles is 1. The van der Waals surface area contributed by atoms with Crippen LogP contribution >= 0.6 is 23.2 Å². The first-order valence-electron chi connectivity index (χ1n) is 11.8. The van der Waals surface area contributed by atoms with Crippen LogP contribution < -0.4 is 4.90 Å². The van der Waals surface area contributed by atoms with Crippen LogP contribution in [0, 0.1) is 11.3 Å². The van der Waals surface area contributed by atoms with E-state index in [2.05, 4.69) is 6.07 Å². The molecule has 11 heteroatoms. The normalized spacial score (nSPS) is 20.6. The van der Waals surface area contributed by atoms with Gasteiger partial charge in [0.15, 0.2) is 0 Å². The Labute approximate surface area is 233 Å². The number of amides is 4. The van der Waals surface area contributed by atoms with E-state index < -0.39 is 35.3 Å². The number of likely N-dealkylation sites (tertiary alicyclic amines) is 1. The van der Waals surface area contributed by atoms with Gasteiger partial charge in [-0.2, -0.15) is 5.26 Å². The third kappa shape index (κ3) is 4.28. The van der Waals surface area contributed by atoms with Gasteiger partial charge in [0.25, 0.3) is 11.8 Å². The average Bonchev–Trinajstić information content (AvgIpc) is 3.41. The minimum atomic E-state index is -1.46.